The van der Waals surface area contributed by atoms with Gasteiger partial charge in [0.2, 0.25) is 10.0 Å². The molecule has 1 amide bonds. The first-order valence-corrected chi connectivity index (χ1v) is 11.9. The lowest BCUT2D eigenvalue weighted by atomic mass is 10.1. The third-order valence-electron chi connectivity index (χ3n) is 5.00. The van der Waals surface area contributed by atoms with Crippen molar-refractivity contribution in [3.05, 3.63) is 58.1 Å². The van der Waals surface area contributed by atoms with Gasteiger partial charge in [0.15, 0.2) is 6.61 Å². The van der Waals surface area contributed by atoms with Gasteiger partial charge in [-0.1, -0.05) is 35.7 Å². The number of esters is 1. The maximum atomic E-state index is 12.9. The van der Waals surface area contributed by atoms with Crippen LogP contribution in [0.15, 0.2) is 47.4 Å². The zero-order chi connectivity index (χ0) is 22.6. The molecule has 1 aliphatic heterocycles. The smallest absolute Gasteiger partial charge is 0.338 e. The van der Waals surface area contributed by atoms with Gasteiger partial charge in [-0.15, -0.1) is 0 Å². The standard InChI is InChI=1S/C21H22Cl2N2O5S/c1-14-5-2-3-12-25(14)31(28,29)16-10-8-15(9-11-16)21(27)30-13-19(26)24-20-17(22)6-4-7-18(20)23/h4,6-11,14H,2-3,5,12-13H2,1H3,(H,24,26). The normalized spacial score (nSPS) is 17.2. The van der Waals surface area contributed by atoms with Crippen LogP contribution in [0, 0.1) is 0 Å². The summed E-state index contributed by atoms with van der Waals surface area (Å²) in [4.78, 5) is 24.4. The molecule has 0 radical (unpaired) electrons. The number of rotatable bonds is 6. The van der Waals surface area contributed by atoms with Crippen molar-refractivity contribution in [1.29, 1.82) is 0 Å². The molecule has 7 nitrogen and oxygen atoms in total. The summed E-state index contributed by atoms with van der Waals surface area (Å²) in [6.07, 6.45) is 2.66. The first kappa shape index (κ1) is 23.5. The van der Waals surface area contributed by atoms with Gasteiger partial charge in [0.1, 0.15) is 0 Å². The summed E-state index contributed by atoms with van der Waals surface area (Å²) in [5.74, 6) is -1.36. The molecule has 31 heavy (non-hydrogen) atoms. The predicted octanol–water partition coefficient (Wildman–Crippen LogP) is 4.35. The third-order valence-corrected chi connectivity index (χ3v) is 7.66. The summed E-state index contributed by atoms with van der Waals surface area (Å²) in [5.41, 5.74) is 0.364. The lowest BCUT2D eigenvalue weighted by molar-refractivity contribution is -0.119. The van der Waals surface area contributed by atoms with Gasteiger partial charge in [0.25, 0.3) is 5.91 Å². The highest BCUT2D eigenvalue weighted by atomic mass is 35.5. The van der Waals surface area contributed by atoms with E-state index in [9.17, 15) is 18.0 Å². The van der Waals surface area contributed by atoms with Crippen LogP contribution >= 0.6 is 23.2 Å². The summed E-state index contributed by atoms with van der Waals surface area (Å²) in [6.45, 7) is 1.83. The van der Waals surface area contributed by atoms with Crippen molar-refractivity contribution in [1.82, 2.24) is 4.31 Å². The van der Waals surface area contributed by atoms with Crippen LogP contribution in [0.25, 0.3) is 0 Å². The molecular weight excluding hydrogens is 463 g/mol. The maximum absolute atomic E-state index is 12.9. The zero-order valence-corrected chi connectivity index (χ0v) is 19.1. The number of halogens is 2. The van der Waals surface area contributed by atoms with E-state index in [1.54, 1.807) is 18.2 Å². The number of hydrogen-bond acceptors (Lipinski definition) is 5. The minimum atomic E-state index is -3.63. The lowest BCUT2D eigenvalue weighted by Crippen LogP contribution is -2.41. The molecule has 0 aromatic heterocycles. The van der Waals surface area contributed by atoms with Crippen LogP contribution < -0.4 is 5.32 Å². The van der Waals surface area contributed by atoms with E-state index in [-0.39, 0.29) is 32.2 Å². The Morgan fingerprint density at radius 1 is 1.10 bits per heavy atom. The van der Waals surface area contributed by atoms with Crippen LogP contribution in [0.1, 0.15) is 36.5 Å². The number of nitrogens with zero attached hydrogens (tertiary/aromatic N) is 1. The van der Waals surface area contributed by atoms with E-state index in [1.807, 2.05) is 6.92 Å². The number of carbonyl (C=O) groups excluding carboxylic acids is 2. The number of benzene rings is 2. The van der Waals surface area contributed by atoms with E-state index < -0.39 is 28.5 Å². The molecule has 2 aromatic carbocycles. The molecule has 0 saturated carbocycles. The Bertz CT molecular complexity index is 1050. The average molecular weight is 485 g/mol. The van der Waals surface area contributed by atoms with Crippen molar-refractivity contribution in [2.75, 3.05) is 18.5 Å². The van der Waals surface area contributed by atoms with E-state index in [0.29, 0.717) is 6.54 Å². The lowest BCUT2D eigenvalue weighted by Gasteiger charge is -2.32. The highest BCUT2D eigenvalue weighted by Crippen LogP contribution is 2.29. The number of piperidine rings is 1. The van der Waals surface area contributed by atoms with Crippen LogP contribution in [-0.2, 0) is 19.6 Å². The van der Waals surface area contributed by atoms with E-state index in [1.165, 1.54) is 28.6 Å². The van der Waals surface area contributed by atoms with Gasteiger partial charge in [0.05, 0.1) is 26.2 Å². The first-order valence-electron chi connectivity index (χ1n) is 9.73. The summed E-state index contributed by atoms with van der Waals surface area (Å²) in [6, 6.07) is 10.2. The molecule has 1 unspecified atom stereocenters. The Hall–Kier alpha value is -2.13. The van der Waals surface area contributed by atoms with Gasteiger partial charge in [-0.05, 0) is 56.2 Å². The van der Waals surface area contributed by atoms with Crippen molar-refractivity contribution in [3.63, 3.8) is 0 Å². The van der Waals surface area contributed by atoms with E-state index in [4.69, 9.17) is 27.9 Å². The van der Waals surface area contributed by atoms with Gasteiger partial charge in [-0.25, -0.2) is 13.2 Å². The summed E-state index contributed by atoms with van der Waals surface area (Å²) >= 11 is 12.0. The Morgan fingerprint density at radius 3 is 2.35 bits per heavy atom. The molecule has 1 atom stereocenters. The number of hydrogen-bond donors (Lipinski definition) is 1. The molecule has 3 rings (SSSR count). The summed E-state index contributed by atoms with van der Waals surface area (Å²) in [7, 11) is -3.63. The molecule has 1 heterocycles. The summed E-state index contributed by atoms with van der Waals surface area (Å²) in [5, 5.41) is 3.00. The molecule has 10 heteroatoms. The molecule has 0 spiro atoms. The minimum absolute atomic E-state index is 0.0616. The van der Waals surface area contributed by atoms with Gasteiger partial charge in [0, 0.05) is 12.6 Å². The SMILES string of the molecule is CC1CCCCN1S(=O)(=O)c1ccc(C(=O)OCC(=O)Nc2c(Cl)cccc2Cl)cc1. The quantitative estimate of drug-likeness (QED) is 0.615. The minimum Gasteiger partial charge on any atom is -0.452 e. The van der Waals surface area contributed by atoms with Gasteiger partial charge >= 0.3 is 5.97 Å². The van der Waals surface area contributed by atoms with Crippen LogP contribution in [0.4, 0.5) is 5.69 Å². The summed E-state index contributed by atoms with van der Waals surface area (Å²) < 4.78 is 32.2. The van der Waals surface area contributed by atoms with E-state index in [2.05, 4.69) is 5.32 Å². The molecular formula is C21H22Cl2N2O5S. The van der Waals surface area contributed by atoms with Gasteiger partial charge in [-0.2, -0.15) is 4.31 Å². The Kier molecular flexibility index (Phi) is 7.59. The molecule has 1 aliphatic rings. The van der Waals surface area contributed by atoms with E-state index >= 15 is 0 Å². The fourth-order valence-electron chi connectivity index (χ4n) is 3.33. The van der Waals surface area contributed by atoms with Crippen LogP contribution in [0.3, 0.4) is 0 Å². The van der Waals surface area contributed by atoms with Gasteiger partial charge in [-0.3, -0.25) is 4.79 Å². The Morgan fingerprint density at radius 2 is 1.74 bits per heavy atom. The second-order valence-corrected chi connectivity index (χ2v) is 9.91. The number of amides is 1. The fraction of sp³-hybridized carbons (Fsp3) is 0.333. The molecule has 0 bridgehead atoms. The maximum Gasteiger partial charge on any atom is 0.338 e. The largest absolute Gasteiger partial charge is 0.452 e. The molecule has 0 aliphatic carbocycles. The van der Waals surface area contributed by atoms with E-state index in [0.717, 1.165) is 19.3 Å². The van der Waals surface area contributed by atoms with Crippen molar-refractivity contribution in [3.8, 4) is 0 Å². The van der Waals surface area contributed by atoms with Crippen molar-refractivity contribution >= 4 is 50.8 Å². The molecule has 1 saturated heterocycles. The zero-order valence-electron chi connectivity index (χ0n) is 16.8. The molecule has 166 valence electrons. The molecule has 1 N–H and O–H groups in total. The second-order valence-electron chi connectivity index (χ2n) is 7.21. The van der Waals surface area contributed by atoms with Crippen LogP contribution in [0.5, 0.6) is 0 Å². The van der Waals surface area contributed by atoms with Crippen molar-refractivity contribution in [2.24, 2.45) is 0 Å². The highest BCUT2D eigenvalue weighted by molar-refractivity contribution is 7.89. The number of carbonyl (C=O) groups is 2. The number of sulfonamides is 1. The molecule has 1 fully saturated rings. The highest BCUT2D eigenvalue weighted by Gasteiger charge is 2.31. The second kappa shape index (κ2) is 9.99. The topological polar surface area (TPSA) is 92.8 Å². The number of anilines is 1. The number of para-hydroxylation sites is 1. The number of ether oxygens (including phenoxy) is 1. The number of nitrogens with one attached hydrogen (secondary N) is 1. The predicted molar refractivity (Wildman–Crippen MR) is 119 cm³/mol. The third kappa shape index (κ3) is 5.57. The fourth-order valence-corrected chi connectivity index (χ4v) is 5.53. The van der Waals surface area contributed by atoms with Crippen LogP contribution in [0.2, 0.25) is 10.0 Å². The van der Waals surface area contributed by atoms with Gasteiger partial charge < -0.3 is 10.1 Å². The van der Waals surface area contributed by atoms with Crippen LogP contribution in [-0.4, -0.2) is 43.8 Å². The van der Waals surface area contributed by atoms with Crippen molar-refractivity contribution < 1.29 is 22.7 Å². The Labute approximate surface area is 191 Å². The monoisotopic (exact) mass is 484 g/mol. The van der Waals surface area contributed by atoms with Crippen molar-refractivity contribution in [2.45, 2.75) is 37.1 Å². The Balaban J connectivity index is 1.61. The molecule has 2 aromatic rings. The first-order chi connectivity index (χ1) is 14.7. The average Bonchev–Trinajstić information content (AvgIpc) is 2.75.